The summed E-state index contributed by atoms with van der Waals surface area (Å²) < 4.78 is 25.8. The summed E-state index contributed by atoms with van der Waals surface area (Å²) in [6.45, 7) is 6.97. The number of rotatable bonds is 14. The van der Waals surface area contributed by atoms with Crippen molar-refractivity contribution in [3.63, 3.8) is 0 Å². The van der Waals surface area contributed by atoms with Gasteiger partial charge >= 0.3 is 12.1 Å². The fourth-order valence-corrected chi connectivity index (χ4v) is 1.68. The number of carbonyl (C=O) groups excluding carboxylic acids is 2. The predicted molar refractivity (Wildman–Crippen MR) is 96.3 cm³/mol. The number of hydrogen-bond acceptors (Lipinski definition) is 8. The van der Waals surface area contributed by atoms with Gasteiger partial charge in [0.15, 0.2) is 0 Å². The van der Waals surface area contributed by atoms with Crippen LogP contribution in [0.3, 0.4) is 0 Å². The highest BCUT2D eigenvalue weighted by atomic mass is 16.6. The van der Waals surface area contributed by atoms with Crippen LogP contribution in [0, 0.1) is 0 Å². The van der Waals surface area contributed by atoms with Gasteiger partial charge in [-0.3, -0.25) is 4.79 Å². The zero-order chi connectivity index (χ0) is 20.5. The molecule has 0 heterocycles. The van der Waals surface area contributed by atoms with Crippen molar-refractivity contribution in [2.45, 2.75) is 38.8 Å². The number of methoxy groups -OCH3 is 1. The lowest BCUT2D eigenvalue weighted by molar-refractivity contribution is -0.141. The van der Waals surface area contributed by atoms with E-state index >= 15 is 0 Å². The van der Waals surface area contributed by atoms with Crippen LogP contribution in [0.15, 0.2) is 5.11 Å². The third kappa shape index (κ3) is 17.1. The summed E-state index contributed by atoms with van der Waals surface area (Å²) in [6.07, 6.45) is -0.464. The highest BCUT2D eigenvalue weighted by Gasteiger charge is 2.20. The first-order valence-corrected chi connectivity index (χ1v) is 8.59. The highest BCUT2D eigenvalue weighted by Crippen LogP contribution is 2.07. The monoisotopic (exact) mass is 390 g/mol. The Morgan fingerprint density at radius 3 is 2.30 bits per heavy atom. The van der Waals surface area contributed by atoms with Gasteiger partial charge in [-0.15, -0.1) is 0 Å². The van der Waals surface area contributed by atoms with Crippen LogP contribution >= 0.6 is 0 Å². The van der Waals surface area contributed by atoms with Gasteiger partial charge in [-0.1, -0.05) is 5.11 Å². The first-order chi connectivity index (χ1) is 12.8. The molecule has 0 spiro atoms. The fourth-order valence-electron chi connectivity index (χ4n) is 1.68. The largest absolute Gasteiger partial charge is 0.469 e. The van der Waals surface area contributed by atoms with E-state index < -0.39 is 17.7 Å². The molecule has 0 bridgehead atoms. The molecule has 1 amide bonds. The average Bonchev–Trinajstić information content (AvgIpc) is 2.58. The van der Waals surface area contributed by atoms with Crippen LogP contribution in [0.4, 0.5) is 4.79 Å². The number of alkyl carbamates (subject to hydrolysis) is 1. The molecule has 0 rings (SSSR count). The van der Waals surface area contributed by atoms with E-state index in [2.05, 4.69) is 20.1 Å². The minimum Gasteiger partial charge on any atom is -0.469 e. The molecule has 0 aromatic heterocycles. The van der Waals surface area contributed by atoms with Crippen LogP contribution in [-0.2, 0) is 28.5 Å². The lowest BCUT2D eigenvalue weighted by Crippen LogP contribution is -2.44. The Balaban J connectivity index is 4.20. The number of nitrogens with one attached hydrogen (secondary N) is 1. The molecule has 1 atom stereocenters. The van der Waals surface area contributed by atoms with Crippen molar-refractivity contribution in [1.29, 1.82) is 0 Å². The molecule has 11 heteroatoms. The van der Waals surface area contributed by atoms with Crippen LogP contribution in [-0.4, -0.2) is 77.0 Å². The van der Waals surface area contributed by atoms with Gasteiger partial charge in [0, 0.05) is 11.5 Å². The Morgan fingerprint density at radius 1 is 1.07 bits per heavy atom. The number of ether oxygens (including phenoxy) is 5. The molecule has 0 aromatic rings. The van der Waals surface area contributed by atoms with E-state index in [0.717, 1.165) is 0 Å². The van der Waals surface area contributed by atoms with Crippen LogP contribution in [0.25, 0.3) is 10.4 Å². The normalized spacial score (nSPS) is 12.0. The summed E-state index contributed by atoms with van der Waals surface area (Å²) in [4.78, 5) is 25.6. The molecule has 11 nitrogen and oxygen atoms in total. The topological polar surface area (TPSA) is 141 Å². The summed E-state index contributed by atoms with van der Waals surface area (Å²) in [5, 5.41) is 6.02. The van der Waals surface area contributed by atoms with Crippen molar-refractivity contribution in [2.24, 2.45) is 5.11 Å². The van der Waals surface area contributed by atoms with Crippen molar-refractivity contribution >= 4 is 12.1 Å². The molecule has 0 aliphatic heterocycles. The van der Waals surface area contributed by atoms with Gasteiger partial charge in [-0.25, -0.2) is 4.79 Å². The second-order valence-corrected chi connectivity index (χ2v) is 6.39. The molecule has 0 aliphatic rings. The van der Waals surface area contributed by atoms with Crippen molar-refractivity contribution in [3.8, 4) is 0 Å². The number of amides is 1. The van der Waals surface area contributed by atoms with E-state index in [-0.39, 0.29) is 38.8 Å². The van der Waals surface area contributed by atoms with Crippen LogP contribution < -0.4 is 5.32 Å². The molecule has 27 heavy (non-hydrogen) atoms. The molecular weight excluding hydrogens is 360 g/mol. The Kier molecular flexibility index (Phi) is 13.9. The van der Waals surface area contributed by atoms with Gasteiger partial charge in [-0.05, 0) is 26.3 Å². The summed E-state index contributed by atoms with van der Waals surface area (Å²) in [5.41, 5.74) is 7.52. The Bertz CT molecular complexity index is 476. The maximum absolute atomic E-state index is 11.9. The molecule has 0 radical (unpaired) electrons. The molecule has 0 aromatic carbocycles. The molecule has 0 aliphatic carbocycles. The minimum atomic E-state index is -0.624. The number of carbonyl (C=O) groups is 2. The average molecular weight is 390 g/mol. The lowest BCUT2D eigenvalue weighted by atomic mass is 10.2. The van der Waals surface area contributed by atoms with E-state index in [0.29, 0.717) is 19.8 Å². The minimum absolute atomic E-state index is 0.121. The molecule has 0 saturated heterocycles. The van der Waals surface area contributed by atoms with Crippen molar-refractivity contribution < 1.29 is 33.3 Å². The first kappa shape index (κ1) is 24.9. The quantitative estimate of drug-likeness (QED) is 0.157. The number of nitrogens with zero attached hydrogens (tertiary/aromatic N) is 3. The SMILES string of the molecule is COC(=O)CCOCC(COCCOCCN=[N+]=[N-])NC(=O)OC(C)(C)C. The molecule has 1 N–H and O–H groups in total. The van der Waals surface area contributed by atoms with E-state index in [1.807, 2.05) is 0 Å². The Labute approximate surface area is 159 Å². The van der Waals surface area contributed by atoms with Gasteiger partial charge in [0.25, 0.3) is 0 Å². The maximum Gasteiger partial charge on any atom is 0.408 e. The van der Waals surface area contributed by atoms with Crippen molar-refractivity contribution in [2.75, 3.05) is 53.3 Å². The number of azide groups is 1. The fraction of sp³-hybridized carbons (Fsp3) is 0.875. The van der Waals surface area contributed by atoms with Gasteiger partial charge in [0.05, 0.1) is 59.2 Å². The zero-order valence-electron chi connectivity index (χ0n) is 16.4. The summed E-state index contributed by atoms with van der Waals surface area (Å²) in [6, 6.07) is -0.458. The Morgan fingerprint density at radius 2 is 1.70 bits per heavy atom. The first-order valence-electron chi connectivity index (χ1n) is 8.59. The second kappa shape index (κ2) is 15.0. The standard InChI is InChI=1S/C16H30N4O7/c1-16(2,3)27-15(22)19-13(11-25-7-5-14(21)23-4)12-26-10-9-24-8-6-18-20-17/h13H,5-12H2,1-4H3,(H,19,22). The molecule has 0 fully saturated rings. The third-order valence-corrected chi connectivity index (χ3v) is 2.81. The molecule has 0 saturated carbocycles. The Hall–Kier alpha value is -2.07. The van der Waals surface area contributed by atoms with Crippen molar-refractivity contribution in [1.82, 2.24) is 5.32 Å². The molecule has 1 unspecified atom stereocenters. The van der Waals surface area contributed by atoms with Crippen LogP contribution in [0.2, 0.25) is 0 Å². The smallest absolute Gasteiger partial charge is 0.408 e. The third-order valence-electron chi connectivity index (χ3n) is 2.81. The number of hydrogen-bond donors (Lipinski definition) is 1. The molecular formula is C16H30N4O7. The summed E-state index contributed by atoms with van der Waals surface area (Å²) in [7, 11) is 1.30. The maximum atomic E-state index is 11.9. The summed E-state index contributed by atoms with van der Waals surface area (Å²) in [5.74, 6) is -0.374. The van der Waals surface area contributed by atoms with E-state index in [1.54, 1.807) is 20.8 Å². The predicted octanol–water partition coefficient (Wildman–Crippen LogP) is 1.80. The van der Waals surface area contributed by atoms with Crippen molar-refractivity contribution in [3.05, 3.63) is 10.4 Å². The highest BCUT2D eigenvalue weighted by molar-refractivity contribution is 5.69. The number of esters is 1. The second-order valence-electron chi connectivity index (χ2n) is 6.39. The van der Waals surface area contributed by atoms with E-state index in [1.165, 1.54) is 7.11 Å². The van der Waals surface area contributed by atoms with Gasteiger partial charge < -0.3 is 29.0 Å². The van der Waals surface area contributed by atoms with E-state index in [4.69, 9.17) is 24.5 Å². The van der Waals surface area contributed by atoms with Gasteiger partial charge in [0.1, 0.15) is 5.60 Å². The van der Waals surface area contributed by atoms with Gasteiger partial charge in [-0.2, -0.15) is 0 Å². The lowest BCUT2D eigenvalue weighted by Gasteiger charge is -2.23. The van der Waals surface area contributed by atoms with Crippen LogP contribution in [0.5, 0.6) is 0 Å². The van der Waals surface area contributed by atoms with E-state index in [9.17, 15) is 9.59 Å². The molecule has 156 valence electrons. The van der Waals surface area contributed by atoms with Gasteiger partial charge in [0.2, 0.25) is 0 Å². The van der Waals surface area contributed by atoms with Crippen LogP contribution in [0.1, 0.15) is 27.2 Å². The summed E-state index contributed by atoms with van der Waals surface area (Å²) >= 11 is 0. The zero-order valence-corrected chi connectivity index (χ0v) is 16.4.